The number of amides is 2. The molecule has 1 saturated heterocycles. The number of benzene rings is 1. The fraction of sp³-hybridized carbons (Fsp3) is 0.438. The average Bonchev–Trinajstić information content (AvgIpc) is 2.96. The van der Waals surface area contributed by atoms with Crippen LogP contribution in [-0.2, 0) is 24.2 Å². The first-order valence-corrected chi connectivity index (χ1v) is 9.69. The van der Waals surface area contributed by atoms with Gasteiger partial charge in [-0.25, -0.2) is 8.42 Å². The monoisotopic (exact) mass is 384 g/mol. The lowest BCUT2D eigenvalue weighted by atomic mass is 10.2. The van der Waals surface area contributed by atoms with E-state index in [1.807, 2.05) is 0 Å². The van der Waals surface area contributed by atoms with Crippen molar-refractivity contribution in [2.45, 2.75) is 12.5 Å². The summed E-state index contributed by atoms with van der Waals surface area (Å²) in [6.45, 7) is -0.927. The van der Waals surface area contributed by atoms with Crippen LogP contribution in [0, 0.1) is 0 Å². The van der Waals surface area contributed by atoms with Crippen molar-refractivity contribution in [3.05, 3.63) is 29.8 Å². The van der Waals surface area contributed by atoms with E-state index in [0.29, 0.717) is 17.7 Å². The van der Waals surface area contributed by atoms with E-state index in [4.69, 9.17) is 9.47 Å². The molecule has 2 rings (SSSR count). The normalized spacial score (nSPS) is 18.0. The SMILES string of the molecule is COc1ccc(C(=O)NCC(=O)OCC(=O)N[C@@H]2CCS(=O)(=O)C2)cc1. The van der Waals surface area contributed by atoms with Gasteiger partial charge in [-0.3, -0.25) is 14.4 Å². The molecule has 0 bridgehead atoms. The molecule has 26 heavy (non-hydrogen) atoms. The Morgan fingerprint density at radius 3 is 2.46 bits per heavy atom. The summed E-state index contributed by atoms with van der Waals surface area (Å²) >= 11 is 0. The Kier molecular flexibility index (Phi) is 6.56. The van der Waals surface area contributed by atoms with Crippen LogP contribution in [0.4, 0.5) is 0 Å². The summed E-state index contributed by atoms with van der Waals surface area (Å²) in [6, 6.07) is 5.85. The maximum absolute atomic E-state index is 11.9. The van der Waals surface area contributed by atoms with Crippen LogP contribution in [0.25, 0.3) is 0 Å². The minimum absolute atomic E-state index is 0.0368. The fourth-order valence-electron chi connectivity index (χ4n) is 2.37. The molecule has 0 saturated carbocycles. The van der Waals surface area contributed by atoms with Gasteiger partial charge in [0.1, 0.15) is 12.3 Å². The van der Waals surface area contributed by atoms with Crippen LogP contribution in [0.3, 0.4) is 0 Å². The third-order valence-corrected chi connectivity index (χ3v) is 5.48. The summed E-state index contributed by atoms with van der Waals surface area (Å²) in [7, 11) is -1.59. The van der Waals surface area contributed by atoms with Gasteiger partial charge in [0.15, 0.2) is 16.4 Å². The van der Waals surface area contributed by atoms with Gasteiger partial charge in [0, 0.05) is 11.6 Å². The van der Waals surface area contributed by atoms with E-state index in [-0.39, 0.29) is 11.5 Å². The van der Waals surface area contributed by atoms with Gasteiger partial charge in [-0.05, 0) is 30.7 Å². The zero-order valence-corrected chi connectivity index (χ0v) is 15.0. The summed E-state index contributed by atoms with van der Waals surface area (Å²) in [5.41, 5.74) is 0.346. The number of rotatable bonds is 7. The standard InChI is InChI=1S/C16H20N2O7S/c1-24-13-4-2-11(3-5-13)16(21)17-8-15(20)25-9-14(19)18-12-6-7-26(22,23)10-12/h2-5,12H,6-10H2,1H3,(H,17,21)(H,18,19)/t12-/m1/s1. The summed E-state index contributed by atoms with van der Waals surface area (Å²) in [6.07, 6.45) is 0.347. The quantitative estimate of drug-likeness (QED) is 0.593. The topological polar surface area (TPSA) is 128 Å². The smallest absolute Gasteiger partial charge is 0.325 e. The Morgan fingerprint density at radius 1 is 1.19 bits per heavy atom. The first kappa shape index (κ1) is 19.7. The third-order valence-electron chi connectivity index (χ3n) is 3.71. The third kappa shape index (κ3) is 6.03. The zero-order valence-electron chi connectivity index (χ0n) is 14.2. The van der Waals surface area contributed by atoms with E-state index >= 15 is 0 Å². The molecule has 2 N–H and O–H groups in total. The van der Waals surface area contributed by atoms with Crippen molar-refractivity contribution < 1.29 is 32.3 Å². The Morgan fingerprint density at radius 2 is 1.88 bits per heavy atom. The van der Waals surface area contributed by atoms with Gasteiger partial charge in [0.2, 0.25) is 0 Å². The summed E-state index contributed by atoms with van der Waals surface area (Å²) in [4.78, 5) is 35.1. The second kappa shape index (κ2) is 8.65. The summed E-state index contributed by atoms with van der Waals surface area (Å²) in [5, 5.41) is 4.88. The first-order valence-electron chi connectivity index (χ1n) is 7.87. The predicted molar refractivity (Wildman–Crippen MR) is 91.5 cm³/mol. The molecule has 1 aliphatic heterocycles. The lowest BCUT2D eigenvalue weighted by Gasteiger charge is -2.11. The van der Waals surface area contributed by atoms with Crippen molar-refractivity contribution in [2.75, 3.05) is 31.8 Å². The molecule has 9 nitrogen and oxygen atoms in total. The number of ether oxygens (including phenoxy) is 2. The van der Waals surface area contributed by atoms with Crippen molar-refractivity contribution >= 4 is 27.6 Å². The number of sulfone groups is 1. The van der Waals surface area contributed by atoms with E-state index in [2.05, 4.69) is 10.6 Å². The minimum Gasteiger partial charge on any atom is -0.497 e. The lowest BCUT2D eigenvalue weighted by molar-refractivity contribution is -0.147. The first-order chi connectivity index (χ1) is 12.3. The number of hydrogen-bond acceptors (Lipinski definition) is 7. The molecule has 0 unspecified atom stereocenters. The molecular formula is C16H20N2O7S. The number of esters is 1. The molecule has 10 heteroatoms. The summed E-state index contributed by atoms with van der Waals surface area (Å²) in [5.74, 6) is -1.30. The fourth-order valence-corrected chi connectivity index (χ4v) is 4.05. The molecule has 1 atom stereocenters. The van der Waals surface area contributed by atoms with E-state index in [1.54, 1.807) is 24.3 Å². The Bertz CT molecular complexity index is 774. The highest BCUT2D eigenvalue weighted by Crippen LogP contribution is 2.11. The Hall–Kier alpha value is -2.62. The Labute approximate surface area is 151 Å². The highest BCUT2D eigenvalue weighted by molar-refractivity contribution is 7.91. The van der Waals surface area contributed by atoms with E-state index in [0.717, 1.165) is 0 Å². The van der Waals surface area contributed by atoms with Crippen molar-refractivity contribution in [1.82, 2.24) is 10.6 Å². The molecule has 1 aromatic rings. The second-order valence-corrected chi connectivity index (χ2v) is 7.97. The molecule has 0 aromatic heterocycles. The van der Waals surface area contributed by atoms with Crippen LogP contribution < -0.4 is 15.4 Å². The van der Waals surface area contributed by atoms with E-state index in [9.17, 15) is 22.8 Å². The van der Waals surface area contributed by atoms with Crippen LogP contribution in [0.15, 0.2) is 24.3 Å². The molecule has 1 aliphatic rings. The van der Waals surface area contributed by atoms with Gasteiger partial charge in [-0.15, -0.1) is 0 Å². The maximum atomic E-state index is 11.9. The number of methoxy groups -OCH3 is 1. The van der Waals surface area contributed by atoms with Crippen LogP contribution in [0.1, 0.15) is 16.8 Å². The van der Waals surface area contributed by atoms with E-state index < -0.39 is 46.8 Å². The molecule has 0 spiro atoms. The van der Waals surface area contributed by atoms with E-state index in [1.165, 1.54) is 7.11 Å². The number of nitrogens with one attached hydrogen (secondary N) is 2. The highest BCUT2D eigenvalue weighted by Gasteiger charge is 2.29. The van der Waals surface area contributed by atoms with Crippen LogP contribution in [0.5, 0.6) is 5.75 Å². The predicted octanol–water partition coefficient (Wildman–Crippen LogP) is -0.728. The average molecular weight is 384 g/mol. The number of carbonyl (C=O) groups excluding carboxylic acids is 3. The molecule has 0 aliphatic carbocycles. The number of carbonyl (C=O) groups is 3. The lowest BCUT2D eigenvalue weighted by Crippen LogP contribution is -2.39. The van der Waals surface area contributed by atoms with Crippen LogP contribution in [-0.4, -0.2) is 64.0 Å². The van der Waals surface area contributed by atoms with Crippen molar-refractivity contribution in [3.8, 4) is 5.75 Å². The molecule has 1 fully saturated rings. The van der Waals surface area contributed by atoms with Crippen molar-refractivity contribution in [3.63, 3.8) is 0 Å². The minimum atomic E-state index is -3.10. The highest BCUT2D eigenvalue weighted by atomic mass is 32.2. The molecule has 0 radical (unpaired) electrons. The van der Waals surface area contributed by atoms with Crippen molar-refractivity contribution in [1.29, 1.82) is 0 Å². The number of hydrogen-bond donors (Lipinski definition) is 2. The zero-order chi connectivity index (χ0) is 19.2. The molecule has 2 amide bonds. The van der Waals surface area contributed by atoms with Gasteiger partial charge in [-0.2, -0.15) is 0 Å². The van der Waals surface area contributed by atoms with Gasteiger partial charge < -0.3 is 20.1 Å². The summed E-state index contributed by atoms with van der Waals surface area (Å²) < 4.78 is 32.4. The van der Waals surface area contributed by atoms with Crippen LogP contribution in [0.2, 0.25) is 0 Å². The van der Waals surface area contributed by atoms with Gasteiger partial charge in [0.25, 0.3) is 11.8 Å². The van der Waals surface area contributed by atoms with Gasteiger partial charge >= 0.3 is 5.97 Å². The van der Waals surface area contributed by atoms with Gasteiger partial charge in [-0.1, -0.05) is 0 Å². The molecule has 142 valence electrons. The maximum Gasteiger partial charge on any atom is 0.325 e. The van der Waals surface area contributed by atoms with Crippen molar-refractivity contribution in [2.24, 2.45) is 0 Å². The van der Waals surface area contributed by atoms with Gasteiger partial charge in [0.05, 0.1) is 18.6 Å². The molecule has 1 aromatic carbocycles. The largest absolute Gasteiger partial charge is 0.497 e. The molecular weight excluding hydrogens is 364 g/mol. The van der Waals surface area contributed by atoms with Crippen LogP contribution >= 0.6 is 0 Å². The second-order valence-electron chi connectivity index (χ2n) is 5.74. The Balaban J connectivity index is 1.68. The molecule has 1 heterocycles.